The van der Waals surface area contributed by atoms with Crippen LogP contribution in [0.1, 0.15) is 17.0 Å². The van der Waals surface area contributed by atoms with E-state index in [1.54, 1.807) is 6.92 Å². The van der Waals surface area contributed by atoms with Gasteiger partial charge in [-0.1, -0.05) is 11.6 Å². The summed E-state index contributed by atoms with van der Waals surface area (Å²) in [5, 5.41) is 7.66. The molecular weight excluding hydrogens is 524 g/mol. The highest BCUT2D eigenvalue weighted by atomic mass is 35.5. The number of hydroxylamine groups is 2. The Morgan fingerprint density at radius 3 is 2.65 bits per heavy atom. The van der Waals surface area contributed by atoms with Gasteiger partial charge in [-0.3, -0.25) is 19.1 Å². The molecular formula is C22H25ClF4N6O4. The highest BCUT2D eigenvalue weighted by Crippen LogP contribution is 2.25. The Morgan fingerprint density at radius 1 is 1.32 bits per heavy atom. The Morgan fingerprint density at radius 2 is 2.03 bits per heavy atom. The molecule has 2 aromatic rings. The number of alkyl halides is 3. The highest BCUT2D eigenvalue weighted by molar-refractivity contribution is 6.31. The minimum Gasteiger partial charge on any atom is -0.334 e. The minimum absolute atomic E-state index is 0.136. The van der Waals surface area contributed by atoms with Gasteiger partial charge in [0.15, 0.2) is 6.10 Å². The molecule has 1 N–H and O–H groups in total. The number of hydrogen-bond donors (Lipinski definition) is 1. The second kappa shape index (κ2) is 11.3. The fourth-order valence-electron chi connectivity index (χ4n) is 3.82. The van der Waals surface area contributed by atoms with Crippen molar-refractivity contribution in [3.05, 3.63) is 46.0 Å². The number of rotatable bonds is 8. The van der Waals surface area contributed by atoms with Gasteiger partial charge in [0, 0.05) is 44.0 Å². The number of anilines is 1. The molecule has 0 fully saturated rings. The van der Waals surface area contributed by atoms with Gasteiger partial charge in [-0.2, -0.15) is 18.3 Å². The van der Waals surface area contributed by atoms with E-state index in [2.05, 4.69) is 10.4 Å². The number of urea groups is 1. The molecule has 0 saturated heterocycles. The summed E-state index contributed by atoms with van der Waals surface area (Å²) in [6.45, 7) is 0.416. The molecule has 1 aliphatic rings. The molecule has 0 bridgehead atoms. The summed E-state index contributed by atoms with van der Waals surface area (Å²) in [6, 6.07) is 3.35. The molecule has 4 amide bonds. The van der Waals surface area contributed by atoms with Crippen LogP contribution in [0.3, 0.4) is 0 Å². The van der Waals surface area contributed by atoms with Crippen LogP contribution in [0.2, 0.25) is 5.02 Å². The predicted octanol–water partition coefficient (Wildman–Crippen LogP) is 2.98. The van der Waals surface area contributed by atoms with Crippen molar-refractivity contribution in [2.75, 3.05) is 32.5 Å². The zero-order valence-electron chi connectivity index (χ0n) is 20.2. The van der Waals surface area contributed by atoms with Crippen LogP contribution >= 0.6 is 11.6 Å². The molecule has 15 heteroatoms. The van der Waals surface area contributed by atoms with Gasteiger partial charge < -0.3 is 15.1 Å². The van der Waals surface area contributed by atoms with Crippen molar-refractivity contribution in [3.8, 4) is 0 Å². The number of benzene rings is 1. The number of amides is 4. The Bertz CT molecular complexity index is 1170. The van der Waals surface area contributed by atoms with Crippen molar-refractivity contribution < 1.29 is 36.8 Å². The molecule has 1 aromatic carbocycles. The van der Waals surface area contributed by atoms with Crippen LogP contribution in [-0.4, -0.2) is 82.5 Å². The molecule has 2 heterocycles. The number of nitrogens with zero attached hydrogens (tertiary/aromatic N) is 5. The van der Waals surface area contributed by atoms with Gasteiger partial charge in [0.1, 0.15) is 12.4 Å². The fourth-order valence-corrected chi connectivity index (χ4v) is 4.00. The van der Waals surface area contributed by atoms with Gasteiger partial charge in [0.25, 0.3) is 5.91 Å². The number of hydrogen-bond acceptors (Lipinski definition) is 5. The first-order chi connectivity index (χ1) is 17.3. The molecule has 0 saturated carbocycles. The smallest absolute Gasteiger partial charge is 0.334 e. The second-order valence-electron chi connectivity index (χ2n) is 8.48. The Kier molecular flexibility index (Phi) is 8.64. The van der Waals surface area contributed by atoms with E-state index in [4.69, 9.17) is 16.4 Å². The van der Waals surface area contributed by atoms with Crippen molar-refractivity contribution >= 4 is 35.6 Å². The SMILES string of the molecule is Cc1c2c(nn1CC(ON(C)C=O)C(=O)N(C)CC(F)(F)F)CCN(C(=O)Nc1ccc(F)c(Cl)c1)C2. The maximum absolute atomic E-state index is 13.4. The van der Waals surface area contributed by atoms with Crippen LogP contribution in [0.5, 0.6) is 0 Å². The van der Waals surface area contributed by atoms with E-state index in [9.17, 15) is 31.9 Å². The molecule has 37 heavy (non-hydrogen) atoms. The van der Waals surface area contributed by atoms with Crippen molar-refractivity contribution in [2.45, 2.75) is 38.7 Å². The van der Waals surface area contributed by atoms with Gasteiger partial charge in [0.05, 0.1) is 23.8 Å². The van der Waals surface area contributed by atoms with E-state index >= 15 is 0 Å². The summed E-state index contributed by atoms with van der Waals surface area (Å²) in [7, 11) is 2.20. The number of likely N-dealkylation sites (N-methyl/N-ethyl adjacent to an activating group) is 1. The van der Waals surface area contributed by atoms with Crippen LogP contribution in [0.4, 0.5) is 28.0 Å². The highest BCUT2D eigenvalue weighted by Gasteiger charge is 2.35. The summed E-state index contributed by atoms with van der Waals surface area (Å²) in [5.41, 5.74) is 2.25. The van der Waals surface area contributed by atoms with Gasteiger partial charge in [-0.05, 0) is 25.1 Å². The Balaban J connectivity index is 1.75. The van der Waals surface area contributed by atoms with Crippen molar-refractivity contribution in [1.82, 2.24) is 24.6 Å². The fraction of sp³-hybridized carbons (Fsp3) is 0.455. The third-order valence-corrected chi connectivity index (χ3v) is 5.98. The van der Waals surface area contributed by atoms with Crippen molar-refractivity contribution in [2.24, 2.45) is 0 Å². The predicted molar refractivity (Wildman–Crippen MR) is 124 cm³/mol. The lowest BCUT2D eigenvalue weighted by molar-refractivity contribution is -0.199. The van der Waals surface area contributed by atoms with Crippen LogP contribution in [0.15, 0.2) is 18.2 Å². The summed E-state index contributed by atoms with van der Waals surface area (Å²) in [6.07, 6.45) is -5.43. The van der Waals surface area contributed by atoms with Crippen molar-refractivity contribution in [1.29, 1.82) is 0 Å². The van der Waals surface area contributed by atoms with Gasteiger partial charge in [-0.15, -0.1) is 0 Å². The van der Waals surface area contributed by atoms with E-state index in [0.29, 0.717) is 45.6 Å². The normalized spacial score (nSPS) is 14.1. The van der Waals surface area contributed by atoms with E-state index in [-0.39, 0.29) is 24.5 Å². The average molecular weight is 549 g/mol. The van der Waals surface area contributed by atoms with E-state index in [0.717, 1.165) is 13.1 Å². The standard InChI is InChI=1S/C22H25ClF4N6O4/c1-13-15-9-32(21(36)28-14-4-5-17(24)16(23)8-14)7-6-18(15)29-33(13)10-19(37-31(3)12-34)20(35)30(2)11-22(25,26)27/h4-5,8,12,19H,6-7,9-11H2,1-3H3,(H,28,36). The zero-order valence-corrected chi connectivity index (χ0v) is 20.9. The number of carbonyl (C=O) groups is 3. The third kappa shape index (κ3) is 7.10. The van der Waals surface area contributed by atoms with Crippen LogP contribution in [0.25, 0.3) is 0 Å². The molecule has 3 rings (SSSR count). The lowest BCUT2D eigenvalue weighted by Gasteiger charge is -2.27. The molecule has 1 atom stereocenters. The average Bonchev–Trinajstić information content (AvgIpc) is 3.13. The molecule has 1 unspecified atom stereocenters. The summed E-state index contributed by atoms with van der Waals surface area (Å²) in [4.78, 5) is 43.7. The summed E-state index contributed by atoms with van der Waals surface area (Å²) < 4.78 is 53.2. The zero-order chi connectivity index (χ0) is 27.5. The van der Waals surface area contributed by atoms with E-state index in [1.807, 2.05) is 0 Å². The number of aromatic nitrogens is 2. The first kappa shape index (κ1) is 28.2. The number of fused-ring (bicyclic) bond motifs is 1. The number of nitrogens with one attached hydrogen (secondary N) is 1. The minimum atomic E-state index is -4.62. The Hall–Kier alpha value is -3.39. The second-order valence-corrected chi connectivity index (χ2v) is 8.89. The summed E-state index contributed by atoms with van der Waals surface area (Å²) in [5.74, 6) is -1.60. The van der Waals surface area contributed by atoms with E-state index < -0.39 is 36.6 Å². The lowest BCUT2D eigenvalue weighted by Crippen LogP contribution is -2.46. The number of carbonyl (C=O) groups excluding carboxylic acids is 3. The monoisotopic (exact) mass is 548 g/mol. The molecule has 0 radical (unpaired) electrons. The molecule has 0 aliphatic carbocycles. The quantitative estimate of drug-likeness (QED) is 0.311. The van der Waals surface area contributed by atoms with E-state index in [1.165, 1.54) is 28.8 Å². The summed E-state index contributed by atoms with van der Waals surface area (Å²) >= 11 is 5.76. The topological polar surface area (TPSA) is 100 Å². The molecule has 1 aromatic heterocycles. The maximum Gasteiger partial charge on any atom is 0.406 e. The molecule has 10 nitrogen and oxygen atoms in total. The molecule has 1 aliphatic heterocycles. The van der Waals surface area contributed by atoms with Crippen molar-refractivity contribution in [3.63, 3.8) is 0 Å². The maximum atomic E-state index is 13.4. The third-order valence-electron chi connectivity index (χ3n) is 5.69. The Labute approximate surface area is 214 Å². The lowest BCUT2D eigenvalue weighted by atomic mass is 10.1. The van der Waals surface area contributed by atoms with Crippen LogP contribution < -0.4 is 5.32 Å². The first-order valence-corrected chi connectivity index (χ1v) is 11.4. The number of halogens is 5. The largest absolute Gasteiger partial charge is 0.406 e. The molecule has 0 spiro atoms. The van der Waals surface area contributed by atoms with Gasteiger partial charge in [-0.25, -0.2) is 14.2 Å². The van der Waals surface area contributed by atoms with Crippen LogP contribution in [0, 0.1) is 12.7 Å². The first-order valence-electron chi connectivity index (χ1n) is 11.0. The van der Waals surface area contributed by atoms with Gasteiger partial charge in [0.2, 0.25) is 6.41 Å². The van der Waals surface area contributed by atoms with Gasteiger partial charge >= 0.3 is 12.2 Å². The van der Waals surface area contributed by atoms with Crippen LogP contribution in [-0.2, 0) is 33.9 Å². The molecule has 202 valence electrons.